The highest BCUT2D eigenvalue weighted by Crippen LogP contribution is 2.66. The van der Waals surface area contributed by atoms with Crippen molar-refractivity contribution in [2.24, 2.45) is 35.5 Å². The Balaban J connectivity index is 1.79. The molecule has 2 aliphatic carbocycles. The predicted octanol–water partition coefficient (Wildman–Crippen LogP) is 10.5. The molecule has 5 nitrogen and oxygen atoms in total. The Bertz CT molecular complexity index is 1130. The van der Waals surface area contributed by atoms with Crippen molar-refractivity contribution in [3.63, 3.8) is 0 Å². The van der Waals surface area contributed by atoms with E-state index in [0.29, 0.717) is 34.8 Å². The molecule has 2 saturated carbocycles. The summed E-state index contributed by atoms with van der Waals surface area (Å²) < 4.78 is 36.2. The normalized spacial score (nSPS) is 28.0. The van der Waals surface area contributed by atoms with Crippen LogP contribution in [0.4, 0.5) is 0 Å². The fourth-order valence-corrected chi connectivity index (χ4v) is 9.21. The van der Waals surface area contributed by atoms with E-state index in [2.05, 4.69) is 57.5 Å². The van der Waals surface area contributed by atoms with Crippen molar-refractivity contribution in [3.8, 4) is 0 Å². The fraction of sp³-hybridized carbons (Fsp3) is 0.618. The van der Waals surface area contributed by atoms with Crippen molar-refractivity contribution in [3.05, 3.63) is 70.2 Å². The summed E-state index contributed by atoms with van der Waals surface area (Å²) in [5.41, 5.74) is 1.01. The Hall–Kier alpha value is -1.46. The molecule has 41 heavy (non-hydrogen) atoms. The average molecular weight is 648 g/mol. The van der Waals surface area contributed by atoms with Crippen LogP contribution in [0.25, 0.3) is 0 Å². The zero-order valence-electron chi connectivity index (χ0n) is 25.5. The first-order chi connectivity index (χ1) is 19.5. The zero-order valence-corrected chi connectivity index (χ0v) is 28.0. The molecule has 0 radical (unpaired) electrons. The highest BCUT2D eigenvalue weighted by molar-refractivity contribution is 9.10. The summed E-state index contributed by atoms with van der Waals surface area (Å²) >= 11 is 3.51. The maximum absolute atomic E-state index is 15.5. The highest BCUT2D eigenvalue weighted by Gasteiger charge is 2.49. The van der Waals surface area contributed by atoms with E-state index in [1.54, 1.807) is 24.3 Å². The smallest absolute Gasteiger partial charge is 0.376 e. The Morgan fingerprint density at radius 2 is 1.27 bits per heavy atom. The van der Waals surface area contributed by atoms with Gasteiger partial charge in [0.1, 0.15) is 0 Å². The second-order valence-corrected chi connectivity index (χ2v) is 16.0. The van der Waals surface area contributed by atoms with Gasteiger partial charge in [0, 0.05) is 10.0 Å². The number of ether oxygens (including phenoxy) is 1. The van der Waals surface area contributed by atoms with Crippen LogP contribution in [-0.4, -0.2) is 18.2 Å². The summed E-state index contributed by atoms with van der Waals surface area (Å²) in [6.45, 7) is 13.3. The summed E-state index contributed by atoms with van der Waals surface area (Å²) in [6, 6.07) is 16.3. The number of hydrogen-bond acceptors (Lipinski definition) is 5. The fourth-order valence-electron chi connectivity index (χ4n) is 6.67. The minimum absolute atomic E-state index is 0.239. The lowest BCUT2D eigenvalue weighted by molar-refractivity contribution is -0.0207. The van der Waals surface area contributed by atoms with Crippen molar-refractivity contribution < 1.29 is 23.1 Å². The quantitative estimate of drug-likeness (QED) is 0.190. The zero-order chi connectivity index (χ0) is 29.7. The van der Waals surface area contributed by atoms with Crippen LogP contribution in [0.3, 0.4) is 0 Å². The van der Waals surface area contributed by atoms with Crippen molar-refractivity contribution in [1.29, 1.82) is 0 Å². The first-order valence-corrected chi connectivity index (χ1v) is 17.8. The van der Waals surface area contributed by atoms with Crippen molar-refractivity contribution in [1.82, 2.24) is 0 Å². The molecule has 2 fully saturated rings. The monoisotopic (exact) mass is 646 g/mol. The molecule has 0 unspecified atom stereocenters. The van der Waals surface area contributed by atoms with Gasteiger partial charge < -0.3 is 13.8 Å². The molecule has 0 saturated heterocycles. The van der Waals surface area contributed by atoms with E-state index < -0.39 is 19.4 Å². The molecule has 0 N–H and O–H groups in total. The molecule has 226 valence electrons. The Labute approximate surface area is 255 Å². The van der Waals surface area contributed by atoms with Gasteiger partial charge in [-0.3, -0.25) is 4.57 Å². The van der Waals surface area contributed by atoms with Crippen LogP contribution in [0.1, 0.15) is 102 Å². The molecule has 4 rings (SSSR count). The van der Waals surface area contributed by atoms with Gasteiger partial charge in [0.05, 0.1) is 17.8 Å². The third-order valence-electron chi connectivity index (χ3n) is 9.16. The molecule has 0 amide bonds. The Kier molecular flexibility index (Phi) is 11.4. The molecule has 7 heteroatoms. The molecule has 0 heterocycles. The average Bonchev–Trinajstić information content (AvgIpc) is 2.92. The molecular formula is C34H48BrO5P. The maximum atomic E-state index is 15.5. The molecule has 2 aromatic carbocycles. The van der Waals surface area contributed by atoms with Crippen molar-refractivity contribution >= 4 is 29.5 Å². The lowest BCUT2D eigenvalue weighted by atomic mass is 9.75. The van der Waals surface area contributed by atoms with E-state index in [9.17, 15) is 4.79 Å². The lowest BCUT2D eigenvalue weighted by Crippen LogP contribution is -2.37. The van der Waals surface area contributed by atoms with Crippen LogP contribution in [0.2, 0.25) is 0 Å². The molecule has 0 aliphatic heterocycles. The third-order valence-corrected chi connectivity index (χ3v) is 11.8. The van der Waals surface area contributed by atoms with Gasteiger partial charge in [-0.05, 0) is 85.5 Å². The SMILES string of the molecule is CC(C)[C@H]1CC[C@@H](C)C[C@H]1OP(=O)(O[C@@H]1C[C@H](C)CC[C@@H]1C(C)C)[C@H](OC(=O)c1ccccc1)c1ccc(Br)cc1. The van der Waals surface area contributed by atoms with Gasteiger partial charge in [0.15, 0.2) is 0 Å². The molecule has 2 aliphatic rings. The predicted molar refractivity (Wildman–Crippen MR) is 169 cm³/mol. The standard InChI is InChI=1S/C34H48BrO5P/c1-22(2)29-18-12-24(5)20-31(29)39-41(37,40-32-21-25(6)13-19-30(32)23(3)4)34(27-14-16-28(35)17-15-27)38-33(36)26-10-8-7-9-11-26/h7-11,14-17,22-25,29-32,34H,12-13,18-21H2,1-6H3/t24-,25-,29-,30-,31-,32-,34+/m1/s1. The van der Waals surface area contributed by atoms with Gasteiger partial charge in [0.25, 0.3) is 0 Å². The minimum atomic E-state index is -4.04. The van der Waals surface area contributed by atoms with Crippen LogP contribution in [0, 0.1) is 35.5 Å². The first kappa shape index (κ1) is 32.5. The summed E-state index contributed by atoms with van der Waals surface area (Å²) in [7, 11) is -4.04. The molecule has 0 bridgehead atoms. The Morgan fingerprint density at radius 3 is 1.73 bits per heavy atom. The number of esters is 1. The van der Waals surface area contributed by atoms with Crippen LogP contribution in [-0.2, 0) is 18.3 Å². The lowest BCUT2D eigenvalue weighted by Gasteiger charge is -2.43. The van der Waals surface area contributed by atoms with Gasteiger partial charge >= 0.3 is 13.6 Å². The van der Waals surface area contributed by atoms with E-state index in [-0.39, 0.29) is 24.0 Å². The summed E-state index contributed by atoms with van der Waals surface area (Å²) in [6.07, 6.45) is 5.43. The third kappa shape index (κ3) is 8.34. The number of hydrogen-bond donors (Lipinski definition) is 0. The summed E-state index contributed by atoms with van der Waals surface area (Å²) in [5, 5.41) is 0. The number of rotatable bonds is 10. The van der Waals surface area contributed by atoms with E-state index in [4.69, 9.17) is 13.8 Å². The minimum Gasteiger partial charge on any atom is -0.441 e. The van der Waals surface area contributed by atoms with E-state index in [0.717, 1.165) is 43.0 Å². The maximum Gasteiger partial charge on any atom is 0.376 e. The molecule has 2 aromatic rings. The van der Waals surface area contributed by atoms with E-state index in [1.165, 1.54) is 0 Å². The van der Waals surface area contributed by atoms with Gasteiger partial charge in [-0.25, -0.2) is 4.79 Å². The van der Waals surface area contributed by atoms with E-state index >= 15 is 4.57 Å². The van der Waals surface area contributed by atoms with Crippen LogP contribution in [0.5, 0.6) is 0 Å². The van der Waals surface area contributed by atoms with Gasteiger partial charge in [-0.1, -0.05) is 101 Å². The van der Waals surface area contributed by atoms with Gasteiger partial charge in [-0.15, -0.1) is 0 Å². The molecule has 0 aromatic heterocycles. The number of halogens is 1. The highest BCUT2D eigenvalue weighted by atomic mass is 79.9. The second kappa shape index (κ2) is 14.3. The van der Waals surface area contributed by atoms with Gasteiger partial charge in [0.2, 0.25) is 5.85 Å². The van der Waals surface area contributed by atoms with Crippen LogP contribution in [0.15, 0.2) is 59.1 Å². The summed E-state index contributed by atoms with van der Waals surface area (Å²) in [5.74, 6) is 0.446. The molecule has 7 atom stereocenters. The van der Waals surface area contributed by atoms with Crippen molar-refractivity contribution in [2.45, 2.75) is 98.1 Å². The number of carbonyl (C=O) groups is 1. The van der Waals surface area contributed by atoms with Gasteiger partial charge in [-0.2, -0.15) is 0 Å². The first-order valence-electron chi connectivity index (χ1n) is 15.4. The van der Waals surface area contributed by atoms with Crippen molar-refractivity contribution in [2.75, 3.05) is 0 Å². The molecular weight excluding hydrogens is 599 g/mol. The van der Waals surface area contributed by atoms with E-state index in [1.807, 2.05) is 30.3 Å². The largest absolute Gasteiger partial charge is 0.441 e. The topological polar surface area (TPSA) is 61.8 Å². The van der Waals surface area contributed by atoms with Crippen LogP contribution < -0.4 is 0 Å². The second-order valence-electron chi connectivity index (χ2n) is 13.2. The Morgan fingerprint density at radius 1 is 0.780 bits per heavy atom. The van der Waals surface area contributed by atoms with Crippen LogP contribution >= 0.6 is 23.5 Å². The summed E-state index contributed by atoms with van der Waals surface area (Å²) in [4.78, 5) is 13.5. The number of benzene rings is 2. The molecule has 0 spiro atoms. The number of carbonyl (C=O) groups excluding carboxylic acids is 1.